The number of fused-ring (bicyclic) bond motifs is 2. The van der Waals surface area contributed by atoms with Crippen molar-refractivity contribution < 1.29 is 27.4 Å². The number of benzene rings is 1. The molecule has 244 valence electrons. The molecule has 0 spiro atoms. The zero-order valence-electron chi connectivity index (χ0n) is 25.2. The average Bonchev–Trinajstić information content (AvgIpc) is 3.75. The SMILES string of the molecule is CC1(c2ccc(Cl)cn2)Oc2cccc(C3CCN(Cc4nc5cc(-c6nnc(C(F)(F)F)[nH]6)nnc5n4C[C@@H]4CCO4)CC3)c2O1. The lowest BCUT2D eigenvalue weighted by atomic mass is 9.88. The Morgan fingerprint density at radius 2 is 1.87 bits per heavy atom. The molecule has 0 amide bonds. The van der Waals surface area contributed by atoms with Gasteiger partial charge in [-0.25, -0.2) is 4.98 Å². The zero-order chi connectivity index (χ0) is 32.3. The van der Waals surface area contributed by atoms with Gasteiger partial charge in [-0.05, 0) is 62.5 Å². The maximum Gasteiger partial charge on any atom is 0.451 e. The first kappa shape index (κ1) is 30.0. The minimum absolute atomic E-state index is 0.0399. The molecule has 2 atom stereocenters. The molecular weight excluding hydrogens is 639 g/mol. The van der Waals surface area contributed by atoms with Crippen LogP contribution in [-0.4, -0.2) is 70.6 Å². The summed E-state index contributed by atoms with van der Waals surface area (Å²) in [7, 11) is 0. The number of hydrogen-bond donors (Lipinski definition) is 1. The Kier molecular flexibility index (Phi) is 7.29. The number of hydrogen-bond acceptors (Lipinski definition) is 10. The Morgan fingerprint density at radius 3 is 2.57 bits per heavy atom. The molecule has 8 rings (SSSR count). The van der Waals surface area contributed by atoms with Gasteiger partial charge in [0.2, 0.25) is 5.82 Å². The van der Waals surface area contributed by atoms with Crippen molar-refractivity contribution in [2.75, 3.05) is 19.7 Å². The lowest BCUT2D eigenvalue weighted by Crippen LogP contribution is -2.35. The Morgan fingerprint density at radius 1 is 1.04 bits per heavy atom. The summed E-state index contributed by atoms with van der Waals surface area (Å²) in [5.74, 6) is 0.121. The van der Waals surface area contributed by atoms with E-state index in [2.05, 4.69) is 41.3 Å². The molecule has 12 nitrogen and oxygen atoms in total. The normalized spacial score (nSPS) is 21.8. The number of imidazole rings is 1. The molecule has 16 heteroatoms. The second-order valence-electron chi connectivity index (χ2n) is 12.1. The van der Waals surface area contributed by atoms with E-state index in [1.54, 1.807) is 24.4 Å². The van der Waals surface area contributed by atoms with E-state index in [1.807, 2.05) is 23.6 Å². The van der Waals surface area contributed by atoms with Crippen LogP contribution in [0.2, 0.25) is 5.02 Å². The van der Waals surface area contributed by atoms with Gasteiger partial charge in [0.05, 0.1) is 24.2 Å². The summed E-state index contributed by atoms with van der Waals surface area (Å²) in [5.41, 5.74) is 2.93. The molecule has 1 N–H and O–H groups in total. The third kappa shape index (κ3) is 5.65. The van der Waals surface area contributed by atoms with E-state index in [1.165, 1.54) is 0 Å². The molecule has 0 saturated carbocycles. The fourth-order valence-corrected chi connectivity index (χ4v) is 6.47. The minimum atomic E-state index is -4.65. The number of alkyl halides is 3. The van der Waals surface area contributed by atoms with E-state index in [4.69, 9.17) is 30.8 Å². The van der Waals surface area contributed by atoms with Crippen LogP contribution in [0, 0.1) is 0 Å². The number of piperidine rings is 1. The lowest BCUT2D eigenvalue weighted by Gasteiger charge is -2.33. The molecule has 5 aromatic rings. The average molecular weight is 668 g/mol. The van der Waals surface area contributed by atoms with Gasteiger partial charge in [-0.15, -0.1) is 20.4 Å². The molecule has 1 unspecified atom stereocenters. The smallest absolute Gasteiger partial charge is 0.443 e. The Balaban J connectivity index is 0.996. The molecule has 7 heterocycles. The number of halogens is 4. The number of aromatic amines is 1. The maximum atomic E-state index is 13.1. The molecule has 1 aromatic carbocycles. The second kappa shape index (κ2) is 11.4. The Labute approximate surface area is 271 Å². The topological polar surface area (TPSA) is 129 Å². The van der Waals surface area contributed by atoms with E-state index < -0.39 is 17.8 Å². The van der Waals surface area contributed by atoms with Gasteiger partial charge >= 0.3 is 6.18 Å². The first-order chi connectivity index (χ1) is 22.6. The van der Waals surface area contributed by atoms with Crippen LogP contribution in [-0.2, 0) is 29.8 Å². The van der Waals surface area contributed by atoms with Gasteiger partial charge < -0.3 is 23.8 Å². The third-order valence-corrected chi connectivity index (χ3v) is 9.17. The van der Waals surface area contributed by atoms with E-state index in [0.717, 1.165) is 49.5 Å². The summed E-state index contributed by atoms with van der Waals surface area (Å²) in [5, 5.41) is 15.9. The van der Waals surface area contributed by atoms with Crippen molar-refractivity contribution in [3.8, 4) is 23.0 Å². The Bertz CT molecular complexity index is 1940. The molecule has 3 aliphatic heterocycles. The van der Waals surface area contributed by atoms with Gasteiger partial charge in [0.15, 0.2) is 23.0 Å². The maximum absolute atomic E-state index is 13.1. The molecule has 0 radical (unpaired) electrons. The zero-order valence-corrected chi connectivity index (χ0v) is 25.9. The lowest BCUT2D eigenvalue weighted by molar-refractivity contribution is -0.144. The van der Waals surface area contributed by atoms with Crippen LogP contribution >= 0.6 is 11.6 Å². The minimum Gasteiger partial charge on any atom is -0.443 e. The summed E-state index contributed by atoms with van der Waals surface area (Å²) in [6, 6.07) is 11.2. The van der Waals surface area contributed by atoms with Crippen LogP contribution in [0.5, 0.6) is 11.5 Å². The van der Waals surface area contributed by atoms with E-state index in [9.17, 15) is 13.2 Å². The molecule has 0 bridgehead atoms. The Hall–Kier alpha value is -4.34. The van der Waals surface area contributed by atoms with E-state index >= 15 is 0 Å². The van der Waals surface area contributed by atoms with Crippen molar-refractivity contribution in [1.82, 2.24) is 44.8 Å². The summed E-state index contributed by atoms with van der Waals surface area (Å²) >= 11 is 6.04. The van der Waals surface area contributed by atoms with Crippen molar-refractivity contribution in [1.29, 1.82) is 0 Å². The highest BCUT2D eigenvalue weighted by Gasteiger charge is 2.42. The van der Waals surface area contributed by atoms with Crippen molar-refractivity contribution >= 4 is 22.8 Å². The third-order valence-electron chi connectivity index (χ3n) is 8.95. The van der Waals surface area contributed by atoms with Gasteiger partial charge in [0.1, 0.15) is 22.7 Å². The van der Waals surface area contributed by atoms with Crippen LogP contribution < -0.4 is 9.47 Å². The summed E-state index contributed by atoms with van der Waals surface area (Å²) < 4.78 is 59.6. The first-order valence-electron chi connectivity index (χ1n) is 15.3. The number of likely N-dealkylation sites (tertiary alicyclic amines) is 1. The first-order valence-corrected chi connectivity index (χ1v) is 15.7. The number of para-hydroxylation sites is 1. The van der Waals surface area contributed by atoms with Crippen molar-refractivity contribution in [3.63, 3.8) is 0 Å². The number of aromatic nitrogens is 8. The van der Waals surface area contributed by atoms with Gasteiger partial charge in [-0.2, -0.15) is 13.2 Å². The number of H-pyrrole nitrogens is 1. The molecule has 0 aliphatic carbocycles. The quantitative estimate of drug-likeness (QED) is 0.238. The predicted octanol–water partition coefficient (Wildman–Crippen LogP) is 5.49. The van der Waals surface area contributed by atoms with Crippen LogP contribution in [0.3, 0.4) is 0 Å². The summed E-state index contributed by atoms with van der Waals surface area (Å²) in [6.45, 7) is 5.34. The summed E-state index contributed by atoms with van der Waals surface area (Å²) in [6.07, 6.45) is -0.300. The van der Waals surface area contributed by atoms with Crippen LogP contribution in [0.1, 0.15) is 55.0 Å². The highest BCUT2D eigenvalue weighted by atomic mass is 35.5. The van der Waals surface area contributed by atoms with Gasteiger partial charge in [-0.3, -0.25) is 9.88 Å². The molecular formula is C31H29ClF3N9O3. The molecule has 47 heavy (non-hydrogen) atoms. The van der Waals surface area contributed by atoms with Crippen LogP contribution in [0.25, 0.3) is 22.7 Å². The van der Waals surface area contributed by atoms with Gasteiger partial charge in [0, 0.05) is 25.3 Å². The largest absolute Gasteiger partial charge is 0.451 e. The predicted molar refractivity (Wildman–Crippen MR) is 162 cm³/mol. The number of pyridine rings is 1. The molecule has 4 aromatic heterocycles. The highest BCUT2D eigenvalue weighted by Crippen LogP contribution is 2.49. The number of nitrogens with one attached hydrogen (secondary N) is 1. The highest BCUT2D eigenvalue weighted by molar-refractivity contribution is 6.30. The molecule has 3 aliphatic rings. The monoisotopic (exact) mass is 667 g/mol. The van der Waals surface area contributed by atoms with Gasteiger partial charge in [-0.1, -0.05) is 23.7 Å². The fourth-order valence-electron chi connectivity index (χ4n) is 6.36. The van der Waals surface area contributed by atoms with Crippen molar-refractivity contribution in [2.45, 2.75) is 63.3 Å². The number of ether oxygens (including phenoxy) is 3. The van der Waals surface area contributed by atoms with Crippen LogP contribution in [0.15, 0.2) is 42.6 Å². The van der Waals surface area contributed by atoms with Gasteiger partial charge in [0.25, 0.3) is 5.79 Å². The number of nitrogens with zero attached hydrogens (tertiary/aromatic N) is 8. The standard InChI is InChI=1S/C31H29ClF3N9O3/c1-30(24-6-5-18(32)14-36-24)46-23-4-2-3-20(26(23)47-30)17-7-10-43(11-8-17)16-25-37-22-13-21(27-38-29(42-40-27)31(33,34)35)39-41-28(22)44(25)15-19-9-12-45-19/h2-6,13-14,17,19H,7-12,15-16H2,1H3,(H,38,40,42)/t19-,30?/m0/s1. The fraction of sp³-hybridized carbons (Fsp3) is 0.419. The second-order valence-corrected chi connectivity index (χ2v) is 12.6. The van der Waals surface area contributed by atoms with Crippen LogP contribution in [0.4, 0.5) is 13.2 Å². The van der Waals surface area contributed by atoms with Crippen molar-refractivity contribution in [3.05, 3.63) is 70.5 Å². The van der Waals surface area contributed by atoms with E-state index in [0.29, 0.717) is 47.3 Å². The van der Waals surface area contributed by atoms with Crippen molar-refractivity contribution in [2.24, 2.45) is 0 Å². The summed E-state index contributed by atoms with van der Waals surface area (Å²) in [4.78, 5) is 13.8. The molecule has 2 fully saturated rings. The van der Waals surface area contributed by atoms with E-state index in [-0.39, 0.29) is 23.5 Å². The number of rotatable bonds is 7. The molecule has 2 saturated heterocycles.